The number of rotatable bonds is 3. The minimum absolute atomic E-state index is 0.405. The van der Waals surface area contributed by atoms with Gasteiger partial charge in [0.2, 0.25) is 0 Å². The fraction of sp³-hybridized carbons (Fsp3) is 0.143. The Hall–Kier alpha value is -2.54. The van der Waals surface area contributed by atoms with Crippen LogP contribution in [-0.4, -0.2) is 4.98 Å². The molecule has 0 aliphatic carbocycles. The standard InChI is InChI=1S/C14H13N3O/c1-10-13(5-6-14(16)17-10)18-9-12-4-2-3-11(7-12)8-15/h2-7H,9H2,1H3,(H2,16,17). The highest BCUT2D eigenvalue weighted by Gasteiger charge is 2.02. The average Bonchev–Trinajstić information content (AvgIpc) is 2.38. The molecule has 0 fully saturated rings. The number of hydrogen-bond donors (Lipinski definition) is 1. The van der Waals surface area contributed by atoms with Gasteiger partial charge in [-0.3, -0.25) is 0 Å². The summed E-state index contributed by atoms with van der Waals surface area (Å²) in [6, 6.07) is 12.9. The fourth-order valence-electron chi connectivity index (χ4n) is 1.61. The first-order valence-corrected chi connectivity index (χ1v) is 5.54. The Morgan fingerprint density at radius 3 is 2.89 bits per heavy atom. The normalized spacial score (nSPS) is 9.78. The molecule has 0 aliphatic heterocycles. The van der Waals surface area contributed by atoms with E-state index < -0.39 is 0 Å². The van der Waals surface area contributed by atoms with Gasteiger partial charge >= 0.3 is 0 Å². The summed E-state index contributed by atoms with van der Waals surface area (Å²) in [6.07, 6.45) is 0. The number of benzene rings is 1. The Morgan fingerprint density at radius 1 is 1.33 bits per heavy atom. The van der Waals surface area contributed by atoms with Crippen molar-refractivity contribution in [3.05, 3.63) is 53.2 Å². The maximum Gasteiger partial charge on any atom is 0.141 e. The molecule has 2 aromatic rings. The molecular weight excluding hydrogens is 226 g/mol. The van der Waals surface area contributed by atoms with Gasteiger partial charge in [-0.1, -0.05) is 12.1 Å². The average molecular weight is 239 g/mol. The summed E-state index contributed by atoms with van der Waals surface area (Å²) in [5.41, 5.74) is 7.90. The lowest BCUT2D eigenvalue weighted by molar-refractivity contribution is 0.302. The predicted octanol–water partition coefficient (Wildman–Crippen LogP) is 2.42. The molecule has 0 unspecified atom stereocenters. The van der Waals surface area contributed by atoms with Crippen molar-refractivity contribution in [1.29, 1.82) is 5.26 Å². The third-order valence-electron chi connectivity index (χ3n) is 2.51. The van der Waals surface area contributed by atoms with E-state index >= 15 is 0 Å². The van der Waals surface area contributed by atoms with Crippen LogP contribution in [0.5, 0.6) is 5.75 Å². The van der Waals surface area contributed by atoms with E-state index in [0.717, 1.165) is 11.3 Å². The van der Waals surface area contributed by atoms with Gasteiger partial charge in [-0.25, -0.2) is 4.98 Å². The second-order valence-corrected chi connectivity index (χ2v) is 3.92. The van der Waals surface area contributed by atoms with Crippen molar-refractivity contribution in [2.75, 3.05) is 5.73 Å². The molecule has 4 nitrogen and oxygen atoms in total. The van der Waals surface area contributed by atoms with Gasteiger partial charge < -0.3 is 10.5 Å². The smallest absolute Gasteiger partial charge is 0.141 e. The largest absolute Gasteiger partial charge is 0.487 e. The molecule has 0 bridgehead atoms. The number of pyridine rings is 1. The zero-order chi connectivity index (χ0) is 13.0. The Bertz CT molecular complexity index is 602. The molecule has 18 heavy (non-hydrogen) atoms. The van der Waals surface area contributed by atoms with Gasteiger partial charge in [-0.2, -0.15) is 5.26 Å². The molecule has 90 valence electrons. The van der Waals surface area contributed by atoms with Gasteiger partial charge in [0.15, 0.2) is 0 Å². The van der Waals surface area contributed by atoms with Crippen molar-refractivity contribution >= 4 is 5.82 Å². The number of ether oxygens (including phenoxy) is 1. The first-order chi connectivity index (χ1) is 8.69. The van der Waals surface area contributed by atoms with Crippen LogP contribution in [0.4, 0.5) is 5.82 Å². The molecule has 0 spiro atoms. The molecule has 4 heteroatoms. The van der Waals surface area contributed by atoms with Crippen molar-refractivity contribution in [3.63, 3.8) is 0 Å². The molecular formula is C14H13N3O. The van der Waals surface area contributed by atoms with Gasteiger partial charge in [-0.05, 0) is 36.8 Å². The summed E-state index contributed by atoms with van der Waals surface area (Å²) >= 11 is 0. The summed E-state index contributed by atoms with van der Waals surface area (Å²) in [6.45, 7) is 2.25. The van der Waals surface area contributed by atoms with E-state index in [1.54, 1.807) is 24.3 Å². The quantitative estimate of drug-likeness (QED) is 0.892. The van der Waals surface area contributed by atoms with E-state index in [9.17, 15) is 0 Å². The Labute approximate surface area is 106 Å². The van der Waals surface area contributed by atoms with Crippen molar-refractivity contribution < 1.29 is 4.74 Å². The minimum atomic E-state index is 0.405. The van der Waals surface area contributed by atoms with Crippen LogP contribution in [0.1, 0.15) is 16.8 Å². The van der Waals surface area contributed by atoms with E-state index in [-0.39, 0.29) is 0 Å². The van der Waals surface area contributed by atoms with Crippen LogP contribution in [0.25, 0.3) is 0 Å². The summed E-state index contributed by atoms with van der Waals surface area (Å²) in [4.78, 5) is 4.12. The number of anilines is 1. The van der Waals surface area contributed by atoms with Gasteiger partial charge in [0.25, 0.3) is 0 Å². The van der Waals surface area contributed by atoms with Crippen molar-refractivity contribution in [1.82, 2.24) is 4.98 Å². The highest BCUT2D eigenvalue weighted by molar-refractivity contribution is 5.38. The SMILES string of the molecule is Cc1nc(N)ccc1OCc1cccc(C#N)c1. The van der Waals surface area contributed by atoms with Crippen LogP contribution >= 0.6 is 0 Å². The third kappa shape index (κ3) is 2.77. The molecule has 2 N–H and O–H groups in total. The molecule has 0 saturated heterocycles. The Kier molecular flexibility index (Phi) is 3.44. The van der Waals surface area contributed by atoms with Crippen LogP contribution in [0.2, 0.25) is 0 Å². The number of nitrogens with zero attached hydrogens (tertiary/aromatic N) is 2. The summed E-state index contributed by atoms with van der Waals surface area (Å²) in [5, 5.41) is 8.81. The molecule has 1 heterocycles. The van der Waals surface area contributed by atoms with Crippen molar-refractivity contribution in [2.45, 2.75) is 13.5 Å². The molecule has 0 radical (unpaired) electrons. The molecule has 1 aromatic carbocycles. The summed E-state index contributed by atoms with van der Waals surface area (Å²) in [7, 11) is 0. The first kappa shape index (κ1) is 11.9. The molecule has 0 atom stereocenters. The number of hydrogen-bond acceptors (Lipinski definition) is 4. The topological polar surface area (TPSA) is 71.9 Å². The lowest BCUT2D eigenvalue weighted by atomic mass is 10.1. The maximum atomic E-state index is 8.81. The first-order valence-electron chi connectivity index (χ1n) is 5.54. The molecule has 0 aliphatic rings. The third-order valence-corrected chi connectivity index (χ3v) is 2.51. The van der Waals surface area contributed by atoms with Crippen LogP contribution in [0.15, 0.2) is 36.4 Å². The maximum absolute atomic E-state index is 8.81. The number of nitriles is 1. The number of aryl methyl sites for hydroxylation is 1. The second kappa shape index (κ2) is 5.19. The predicted molar refractivity (Wildman–Crippen MR) is 68.9 cm³/mol. The van der Waals surface area contributed by atoms with Gasteiger partial charge in [-0.15, -0.1) is 0 Å². The molecule has 0 saturated carbocycles. The van der Waals surface area contributed by atoms with Gasteiger partial charge in [0.1, 0.15) is 18.2 Å². The Balaban J connectivity index is 2.09. The van der Waals surface area contributed by atoms with E-state index in [1.165, 1.54) is 0 Å². The second-order valence-electron chi connectivity index (χ2n) is 3.92. The number of nitrogens with two attached hydrogens (primary N) is 1. The zero-order valence-electron chi connectivity index (χ0n) is 10.1. The van der Waals surface area contributed by atoms with Crippen LogP contribution in [-0.2, 0) is 6.61 Å². The minimum Gasteiger partial charge on any atom is -0.487 e. The summed E-state index contributed by atoms with van der Waals surface area (Å²) in [5.74, 6) is 1.18. The monoisotopic (exact) mass is 239 g/mol. The molecule has 2 rings (SSSR count). The van der Waals surface area contributed by atoms with E-state index in [1.807, 2.05) is 19.1 Å². The van der Waals surface area contributed by atoms with Gasteiger partial charge in [0, 0.05) is 0 Å². The van der Waals surface area contributed by atoms with Crippen molar-refractivity contribution in [2.24, 2.45) is 0 Å². The van der Waals surface area contributed by atoms with Crippen molar-refractivity contribution in [3.8, 4) is 11.8 Å². The molecule has 0 amide bonds. The summed E-state index contributed by atoms with van der Waals surface area (Å²) < 4.78 is 5.65. The van der Waals surface area contributed by atoms with E-state index in [0.29, 0.717) is 23.7 Å². The van der Waals surface area contributed by atoms with Crippen LogP contribution in [0, 0.1) is 18.3 Å². The Morgan fingerprint density at radius 2 is 2.17 bits per heavy atom. The molecule has 1 aromatic heterocycles. The van der Waals surface area contributed by atoms with Crippen LogP contribution in [0.3, 0.4) is 0 Å². The van der Waals surface area contributed by atoms with Gasteiger partial charge in [0.05, 0.1) is 17.3 Å². The van der Waals surface area contributed by atoms with Crippen LogP contribution < -0.4 is 10.5 Å². The van der Waals surface area contributed by atoms with E-state index in [4.69, 9.17) is 15.7 Å². The lowest BCUT2D eigenvalue weighted by Crippen LogP contribution is -2.00. The fourth-order valence-corrected chi connectivity index (χ4v) is 1.61. The number of aromatic nitrogens is 1. The highest BCUT2D eigenvalue weighted by Crippen LogP contribution is 2.18. The number of nitrogen functional groups attached to an aromatic ring is 1. The lowest BCUT2D eigenvalue weighted by Gasteiger charge is -2.09. The zero-order valence-corrected chi connectivity index (χ0v) is 10.1. The van der Waals surface area contributed by atoms with E-state index in [2.05, 4.69) is 11.1 Å². The highest BCUT2D eigenvalue weighted by atomic mass is 16.5.